The number of carbonyl (C=O) groups excluding carboxylic acids is 1. The summed E-state index contributed by atoms with van der Waals surface area (Å²) in [5, 5.41) is 11.7. The maximum atomic E-state index is 13.2. The Kier molecular flexibility index (Phi) is 5.63. The number of thiophene rings is 1. The number of allylic oxidation sites excluding steroid dienone is 1. The van der Waals surface area contributed by atoms with Crippen molar-refractivity contribution in [1.29, 1.82) is 0 Å². The van der Waals surface area contributed by atoms with E-state index in [4.69, 9.17) is 9.47 Å². The summed E-state index contributed by atoms with van der Waals surface area (Å²) in [6, 6.07) is 4.10. The van der Waals surface area contributed by atoms with Crippen LogP contribution in [0.4, 0.5) is 0 Å². The molecule has 0 aliphatic carbocycles. The molecule has 6 nitrogen and oxygen atoms in total. The first-order valence-corrected chi connectivity index (χ1v) is 11.5. The minimum Gasteiger partial charge on any atom is -0.495 e. The Hall–Kier alpha value is -3.06. The van der Waals surface area contributed by atoms with Crippen LogP contribution in [-0.2, 0) is 6.61 Å². The van der Waals surface area contributed by atoms with E-state index in [0.29, 0.717) is 5.69 Å². The van der Waals surface area contributed by atoms with Crippen LogP contribution in [0.2, 0.25) is 0 Å². The Balaban J connectivity index is 1.94. The number of fused-ring (bicyclic) bond motifs is 3. The fourth-order valence-electron chi connectivity index (χ4n) is 3.82. The predicted octanol–water partition coefficient (Wildman–Crippen LogP) is 6.00. The number of ether oxygens (including phenoxy) is 2. The molecule has 7 heteroatoms. The quantitative estimate of drug-likeness (QED) is 0.528. The average Bonchev–Trinajstić information content (AvgIpc) is 3.40. The highest BCUT2D eigenvalue weighted by molar-refractivity contribution is 7.08. The lowest BCUT2D eigenvalue weighted by Gasteiger charge is -2.32. The minimum absolute atomic E-state index is 0.102. The first-order chi connectivity index (χ1) is 15.1. The van der Waals surface area contributed by atoms with Crippen LogP contribution in [0.25, 0.3) is 28.5 Å². The number of aromatic nitrogens is 2. The van der Waals surface area contributed by atoms with Gasteiger partial charge in [0.25, 0.3) is 5.91 Å². The van der Waals surface area contributed by atoms with Gasteiger partial charge in [-0.3, -0.25) is 9.89 Å². The molecule has 0 saturated carbocycles. The van der Waals surface area contributed by atoms with Gasteiger partial charge in [0, 0.05) is 29.3 Å². The second-order valence-corrected chi connectivity index (χ2v) is 10.0. The van der Waals surface area contributed by atoms with Gasteiger partial charge < -0.3 is 14.4 Å². The van der Waals surface area contributed by atoms with Crippen LogP contribution in [-0.4, -0.2) is 40.7 Å². The van der Waals surface area contributed by atoms with Crippen LogP contribution in [0, 0.1) is 0 Å². The standard InChI is InChI=1S/C25H29N3O3S/c1-14(2)10-16-11-17-20-18(21(27-26-20)24(29)28(6)25(3,4)5)12-31-23(17)19(22(16)30-7)15-8-9-32-13-15/h8-11,13H,12H2,1-7H3,(H,26,27). The van der Waals surface area contributed by atoms with Crippen molar-refractivity contribution in [3.63, 3.8) is 0 Å². The normalized spacial score (nSPS) is 12.5. The molecule has 0 radical (unpaired) electrons. The van der Waals surface area contributed by atoms with Crippen molar-refractivity contribution in [3.8, 4) is 33.9 Å². The van der Waals surface area contributed by atoms with Gasteiger partial charge in [-0.05, 0) is 63.1 Å². The molecule has 32 heavy (non-hydrogen) atoms. The van der Waals surface area contributed by atoms with Gasteiger partial charge in [-0.1, -0.05) is 11.6 Å². The number of benzene rings is 1. The topological polar surface area (TPSA) is 67.5 Å². The van der Waals surface area contributed by atoms with Gasteiger partial charge in [-0.25, -0.2) is 0 Å². The Morgan fingerprint density at radius 1 is 1.34 bits per heavy atom. The van der Waals surface area contributed by atoms with Crippen molar-refractivity contribution in [2.75, 3.05) is 14.2 Å². The van der Waals surface area contributed by atoms with Crippen molar-refractivity contribution in [2.45, 2.75) is 46.8 Å². The fourth-order valence-corrected chi connectivity index (χ4v) is 4.47. The van der Waals surface area contributed by atoms with Crippen molar-refractivity contribution < 1.29 is 14.3 Å². The highest BCUT2D eigenvalue weighted by atomic mass is 32.1. The molecule has 1 aliphatic rings. The summed E-state index contributed by atoms with van der Waals surface area (Å²) >= 11 is 1.62. The zero-order valence-corrected chi connectivity index (χ0v) is 20.4. The van der Waals surface area contributed by atoms with Crippen molar-refractivity contribution in [2.24, 2.45) is 0 Å². The van der Waals surface area contributed by atoms with Crippen molar-refractivity contribution in [1.82, 2.24) is 15.1 Å². The summed E-state index contributed by atoms with van der Waals surface area (Å²) in [5.74, 6) is 1.40. The lowest BCUT2D eigenvalue weighted by molar-refractivity contribution is 0.0647. The van der Waals surface area contributed by atoms with E-state index in [9.17, 15) is 4.79 Å². The van der Waals surface area contributed by atoms with Crippen LogP contribution in [0.15, 0.2) is 28.5 Å². The zero-order chi connectivity index (χ0) is 23.2. The van der Waals surface area contributed by atoms with E-state index in [1.54, 1.807) is 30.4 Å². The fraction of sp³-hybridized carbons (Fsp3) is 0.360. The smallest absolute Gasteiger partial charge is 0.272 e. The molecule has 0 fully saturated rings. The highest BCUT2D eigenvalue weighted by Crippen LogP contribution is 2.50. The molecule has 1 aliphatic heterocycles. The predicted molar refractivity (Wildman–Crippen MR) is 129 cm³/mol. The molecule has 1 aromatic carbocycles. The number of aromatic amines is 1. The summed E-state index contributed by atoms with van der Waals surface area (Å²) in [4.78, 5) is 14.9. The Labute approximate surface area is 192 Å². The van der Waals surface area contributed by atoms with Crippen LogP contribution in [0.3, 0.4) is 0 Å². The molecule has 0 unspecified atom stereocenters. The van der Waals surface area contributed by atoms with E-state index >= 15 is 0 Å². The van der Waals surface area contributed by atoms with Gasteiger partial charge in [0.1, 0.15) is 29.5 Å². The summed E-state index contributed by atoms with van der Waals surface area (Å²) in [5.41, 5.74) is 6.60. The van der Waals surface area contributed by atoms with E-state index in [1.807, 2.05) is 32.2 Å². The number of H-pyrrole nitrogens is 1. The first kappa shape index (κ1) is 22.1. The van der Waals surface area contributed by atoms with Crippen LogP contribution in [0.5, 0.6) is 11.5 Å². The molecular weight excluding hydrogens is 422 g/mol. The van der Waals surface area contributed by atoms with E-state index in [2.05, 4.69) is 41.6 Å². The van der Waals surface area contributed by atoms with Crippen LogP contribution in [0.1, 0.15) is 56.2 Å². The van der Waals surface area contributed by atoms with Gasteiger partial charge in [0.05, 0.1) is 12.7 Å². The monoisotopic (exact) mass is 451 g/mol. The van der Waals surface area contributed by atoms with E-state index in [1.165, 1.54) is 0 Å². The largest absolute Gasteiger partial charge is 0.495 e. The number of hydrogen-bond acceptors (Lipinski definition) is 5. The van der Waals surface area contributed by atoms with Crippen LogP contribution >= 0.6 is 11.3 Å². The molecule has 1 N–H and O–H groups in total. The number of hydrogen-bond donors (Lipinski definition) is 1. The lowest BCUT2D eigenvalue weighted by Crippen LogP contribution is -2.43. The highest BCUT2D eigenvalue weighted by Gasteiger charge is 2.33. The molecule has 3 aromatic rings. The Morgan fingerprint density at radius 2 is 2.09 bits per heavy atom. The number of nitrogens with one attached hydrogen (secondary N) is 1. The summed E-state index contributed by atoms with van der Waals surface area (Å²) < 4.78 is 12.2. The average molecular weight is 452 g/mol. The van der Waals surface area contributed by atoms with Crippen LogP contribution < -0.4 is 9.47 Å². The maximum Gasteiger partial charge on any atom is 0.272 e. The number of nitrogens with zero attached hydrogens (tertiary/aromatic N) is 2. The third-order valence-electron chi connectivity index (χ3n) is 5.73. The Morgan fingerprint density at radius 3 is 2.69 bits per heavy atom. The molecule has 4 rings (SSSR count). The second kappa shape index (κ2) is 8.13. The Bertz CT molecular complexity index is 1200. The molecule has 1 amide bonds. The third-order valence-corrected chi connectivity index (χ3v) is 6.41. The molecule has 3 heterocycles. The van der Waals surface area contributed by atoms with Gasteiger partial charge in [0.2, 0.25) is 0 Å². The van der Waals surface area contributed by atoms with Gasteiger partial charge >= 0.3 is 0 Å². The van der Waals surface area contributed by atoms with Crippen molar-refractivity contribution in [3.05, 3.63) is 45.3 Å². The van der Waals surface area contributed by atoms with E-state index in [-0.39, 0.29) is 18.1 Å². The number of methoxy groups -OCH3 is 1. The first-order valence-electron chi connectivity index (χ1n) is 10.5. The molecule has 0 bridgehead atoms. The zero-order valence-electron chi connectivity index (χ0n) is 19.6. The number of amides is 1. The summed E-state index contributed by atoms with van der Waals surface area (Å²) in [7, 11) is 3.49. The molecule has 0 spiro atoms. The number of rotatable bonds is 4. The number of carbonyl (C=O) groups is 1. The molecule has 0 saturated heterocycles. The summed E-state index contributed by atoms with van der Waals surface area (Å²) in [6.45, 7) is 10.4. The van der Waals surface area contributed by atoms with Gasteiger partial charge in [-0.15, -0.1) is 0 Å². The molecule has 168 valence electrons. The molecular formula is C25H29N3O3S. The minimum atomic E-state index is -0.307. The van der Waals surface area contributed by atoms with Crippen molar-refractivity contribution >= 4 is 23.3 Å². The van der Waals surface area contributed by atoms with Gasteiger partial charge in [-0.2, -0.15) is 16.4 Å². The second-order valence-electron chi connectivity index (χ2n) is 9.23. The SMILES string of the molecule is COc1c(C=C(C)C)cc2c(c1-c1ccsc1)OCc1c-2n[nH]c1C(=O)N(C)C(C)(C)C. The molecule has 2 aromatic heterocycles. The summed E-state index contributed by atoms with van der Waals surface area (Å²) in [6.07, 6.45) is 2.09. The van der Waals surface area contributed by atoms with E-state index < -0.39 is 0 Å². The lowest BCUT2D eigenvalue weighted by atomic mass is 9.92. The van der Waals surface area contributed by atoms with E-state index in [0.717, 1.165) is 50.6 Å². The molecule has 0 atom stereocenters. The third kappa shape index (κ3) is 3.71. The van der Waals surface area contributed by atoms with Gasteiger partial charge in [0.15, 0.2) is 0 Å². The maximum absolute atomic E-state index is 13.2.